The number of rotatable bonds is 3. The molecule has 2 rings (SSSR count). The molecule has 0 radical (unpaired) electrons. The van der Waals surface area contributed by atoms with Crippen LogP contribution in [0.3, 0.4) is 0 Å². The lowest BCUT2D eigenvalue weighted by molar-refractivity contribution is 0.370. The lowest BCUT2D eigenvalue weighted by atomic mass is 10.1. The van der Waals surface area contributed by atoms with Crippen LogP contribution in [0.2, 0.25) is 0 Å². The monoisotopic (exact) mass is 220 g/mol. The van der Waals surface area contributed by atoms with E-state index in [4.69, 9.17) is 5.41 Å². The van der Waals surface area contributed by atoms with Gasteiger partial charge in [0.15, 0.2) is 0 Å². The van der Waals surface area contributed by atoms with Crippen LogP contribution in [0.15, 0.2) is 24.3 Å². The second-order valence-corrected chi connectivity index (χ2v) is 4.27. The van der Waals surface area contributed by atoms with Crippen LogP contribution in [0.4, 0.5) is 4.39 Å². The third-order valence-electron chi connectivity index (χ3n) is 3.03. The molecule has 1 heterocycles. The summed E-state index contributed by atoms with van der Waals surface area (Å²) >= 11 is 0. The minimum atomic E-state index is -0.175. The van der Waals surface area contributed by atoms with Crippen molar-refractivity contribution in [1.82, 2.24) is 4.90 Å². The van der Waals surface area contributed by atoms with E-state index in [9.17, 15) is 4.39 Å². The van der Waals surface area contributed by atoms with Gasteiger partial charge in [0, 0.05) is 19.5 Å². The Labute approximate surface area is 95.6 Å². The topological polar surface area (TPSA) is 27.1 Å². The third-order valence-corrected chi connectivity index (χ3v) is 3.03. The Morgan fingerprint density at radius 2 is 2.19 bits per heavy atom. The summed E-state index contributed by atoms with van der Waals surface area (Å²) in [6.07, 6.45) is 4.02. The van der Waals surface area contributed by atoms with E-state index in [1.54, 1.807) is 12.1 Å². The van der Waals surface area contributed by atoms with Gasteiger partial charge in [0.2, 0.25) is 0 Å². The molecule has 0 saturated carbocycles. The molecule has 2 nitrogen and oxygen atoms in total. The van der Waals surface area contributed by atoms with E-state index in [1.165, 1.54) is 12.5 Å². The van der Waals surface area contributed by atoms with Crippen LogP contribution in [0.25, 0.3) is 0 Å². The molecule has 0 bridgehead atoms. The maximum atomic E-state index is 13.0. The third kappa shape index (κ3) is 2.81. The van der Waals surface area contributed by atoms with Crippen molar-refractivity contribution in [3.05, 3.63) is 35.6 Å². The van der Waals surface area contributed by atoms with Gasteiger partial charge in [0.25, 0.3) is 0 Å². The highest BCUT2D eigenvalue weighted by atomic mass is 19.1. The summed E-state index contributed by atoms with van der Waals surface area (Å²) in [6, 6.07) is 6.73. The first-order valence-corrected chi connectivity index (χ1v) is 5.82. The molecule has 0 amide bonds. The quantitative estimate of drug-likeness (QED) is 0.833. The van der Waals surface area contributed by atoms with E-state index in [1.807, 2.05) is 6.07 Å². The first kappa shape index (κ1) is 11.1. The van der Waals surface area contributed by atoms with Crippen LogP contribution in [-0.4, -0.2) is 23.8 Å². The predicted molar refractivity (Wildman–Crippen MR) is 63.3 cm³/mol. The van der Waals surface area contributed by atoms with Gasteiger partial charge in [-0.1, -0.05) is 12.1 Å². The Balaban J connectivity index is 1.89. The number of benzene rings is 1. The van der Waals surface area contributed by atoms with E-state index in [2.05, 4.69) is 4.90 Å². The highest BCUT2D eigenvalue weighted by Gasteiger charge is 2.14. The first-order chi connectivity index (χ1) is 7.75. The summed E-state index contributed by atoms with van der Waals surface area (Å²) in [7, 11) is 0. The number of piperidine rings is 1. The van der Waals surface area contributed by atoms with Gasteiger partial charge in [-0.3, -0.25) is 5.41 Å². The van der Waals surface area contributed by atoms with Crippen molar-refractivity contribution in [2.45, 2.75) is 25.7 Å². The Hall–Kier alpha value is -1.38. The molecule has 1 N–H and O–H groups in total. The SMILES string of the molecule is N=C1CCCCN1CCc1cccc(F)c1. The highest BCUT2D eigenvalue weighted by Crippen LogP contribution is 2.12. The van der Waals surface area contributed by atoms with Crippen molar-refractivity contribution in [1.29, 1.82) is 5.41 Å². The molecule has 86 valence electrons. The number of halogens is 1. The van der Waals surface area contributed by atoms with Crippen molar-refractivity contribution in [3.63, 3.8) is 0 Å². The molecule has 1 aliphatic rings. The molecule has 0 atom stereocenters. The molecular formula is C13H17FN2. The maximum Gasteiger partial charge on any atom is 0.123 e. The number of amidine groups is 1. The van der Waals surface area contributed by atoms with Crippen LogP contribution in [0.1, 0.15) is 24.8 Å². The van der Waals surface area contributed by atoms with Gasteiger partial charge >= 0.3 is 0 Å². The van der Waals surface area contributed by atoms with E-state index in [0.29, 0.717) is 0 Å². The van der Waals surface area contributed by atoms with Crippen LogP contribution in [0, 0.1) is 11.2 Å². The molecule has 1 fully saturated rings. The van der Waals surface area contributed by atoms with Crippen LogP contribution in [-0.2, 0) is 6.42 Å². The number of nitrogens with zero attached hydrogens (tertiary/aromatic N) is 1. The second kappa shape index (κ2) is 5.10. The van der Waals surface area contributed by atoms with E-state index >= 15 is 0 Å². The molecule has 1 aliphatic heterocycles. The van der Waals surface area contributed by atoms with Crippen LogP contribution < -0.4 is 0 Å². The van der Waals surface area contributed by atoms with Gasteiger partial charge < -0.3 is 4.90 Å². The van der Waals surface area contributed by atoms with E-state index in [-0.39, 0.29) is 5.82 Å². The molecule has 0 aliphatic carbocycles. The summed E-state index contributed by atoms with van der Waals surface area (Å²) < 4.78 is 13.0. The van der Waals surface area contributed by atoms with Crippen molar-refractivity contribution >= 4 is 5.84 Å². The molecule has 16 heavy (non-hydrogen) atoms. The fraction of sp³-hybridized carbons (Fsp3) is 0.462. The van der Waals surface area contributed by atoms with Crippen molar-refractivity contribution < 1.29 is 4.39 Å². The lowest BCUT2D eigenvalue weighted by Gasteiger charge is -2.29. The minimum absolute atomic E-state index is 0.175. The van der Waals surface area contributed by atoms with Crippen LogP contribution in [0.5, 0.6) is 0 Å². The summed E-state index contributed by atoms with van der Waals surface area (Å²) in [4.78, 5) is 2.11. The number of likely N-dealkylation sites (tertiary alicyclic amines) is 1. The largest absolute Gasteiger partial charge is 0.360 e. The molecule has 3 heteroatoms. The van der Waals surface area contributed by atoms with E-state index < -0.39 is 0 Å². The zero-order chi connectivity index (χ0) is 11.4. The summed E-state index contributed by atoms with van der Waals surface area (Å²) in [5.41, 5.74) is 1.01. The Kier molecular flexibility index (Phi) is 3.54. The zero-order valence-corrected chi connectivity index (χ0v) is 9.38. The molecule has 0 unspecified atom stereocenters. The molecule has 1 aromatic rings. The van der Waals surface area contributed by atoms with Gasteiger partial charge in [-0.15, -0.1) is 0 Å². The number of hydrogen-bond acceptors (Lipinski definition) is 1. The first-order valence-electron chi connectivity index (χ1n) is 5.82. The fourth-order valence-electron chi connectivity index (χ4n) is 2.09. The van der Waals surface area contributed by atoms with Crippen molar-refractivity contribution in [2.75, 3.05) is 13.1 Å². The molecule has 1 aromatic carbocycles. The van der Waals surface area contributed by atoms with Crippen molar-refractivity contribution in [3.8, 4) is 0 Å². The Bertz CT molecular complexity index is 376. The van der Waals surface area contributed by atoms with Crippen LogP contribution >= 0.6 is 0 Å². The molecule has 1 saturated heterocycles. The average Bonchev–Trinajstić information content (AvgIpc) is 2.28. The molecule has 0 spiro atoms. The van der Waals surface area contributed by atoms with Gasteiger partial charge in [-0.25, -0.2) is 4.39 Å². The highest BCUT2D eigenvalue weighted by molar-refractivity contribution is 5.79. The molecular weight excluding hydrogens is 203 g/mol. The van der Waals surface area contributed by atoms with Gasteiger partial charge in [0.05, 0.1) is 5.84 Å². The number of hydrogen-bond donors (Lipinski definition) is 1. The second-order valence-electron chi connectivity index (χ2n) is 4.27. The summed E-state index contributed by atoms with van der Waals surface area (Å²) in [6.45, 7) is 1.82. The zero-order valence-electron chi connectivity index (χ0n) is 9.38. The lowest BCUT2D eigenvalue weighted by Crippen LogP contribution is -2.36. The average molecular weight is 220 g/mol. The van der Waals surface area contributed by atoms with Gasteiger partial charge in [0.1, 0.15) is 5.82 Å². The smallest absolute Gasteiger partial charge is 0.123 e. The van der Waals surface area contributed by atoms with E-state index in [0.717, 1.165) is 43.8 Å². The fourth-order valence-corrected chi connectivity index (χ4v) is 2.09. The standard InChI is InChI=1S/C13H17FN2/c14-12-5-3-4-11(10-12)7-9-16-8-2-1-6-13(16)15/h3-5,10,15H,1-2,6-9H2. The molecule has 0 aromatic heterocycles. The minimum Gasteiger partial charge on any atom is -0.360 e. The summed E-state index contributed by atoms with van der Waals surface area (Å²) in [5, 5.41) is 7.81. The maximum absolute atomic E-state index is 13.0. The normalized spacial score (nSPS) is 16.6. The van der Waals surface area contributed by atoms with Gasteiger partial charge in [-0.2, -0.15) is 0 Å². The van der Waals surface area contributed by atoms with Gasteiger partial charge in [-0.05, 0) is 37.0 Å². The Morgan fingerprint density at radius 3 is 2.94 bits per heavy atom. The number of nitrogens with one attached hydrogen (secondary N) is 1. The predicted octanol–water partition coefficient (Wildman–Crippen LogP) is 2.83. The summed E-state index contributed by atoms with van der Waals surface area (Å²) in [5.74, 6) is 0.564. The van der Waals surface area contributed by atoms with Crippen molar-refractivity contribution in [2.24, 2.45) is 0 Å². The Morgan fingerprint density at radius 1 is 1.31 bits per heavy atom.